The second kappa shape index (κ2) is 10.2. The van der Waals surface area contributed by atoms with E-state index in [0.29, 0.717) is 17.6 Å². The first-order valence-corrected chi connectivity index (χ1v) is 17.8. The summed E-state index contributed by atoms with van der Waals surface area (Å²) < 4.78 is 60.0. The van der Waals surface area contributed by atoms with Crippen molar-refractivity contribution in [2.24, 2.45) is 16.3 Å². The predicted octanol–water partition coefficient (Wildman–Crippen LogP) is 0.886. The molecule has 5 N–H and O–H groups in total. The number of nitrogen functional groups attached to an aromatic ring is 1. The van der Waals surface area contributed by atoms with Gasteiger partial charge in [0.15, 0.2) is 41.2 Å². The van der Waals surface area contributed by atoms with Crippen LogP contribution in [0.2, 0.25) is 0 Å². The minimum atomic E-state index is -4.98. The minimum absolute atomic E-state index is 0.0213. The molecule has 3 aromatic heterocycles. The number of Topliss-reactive ketones (excluding diaryl/α,β-unsaturated/α-hetero) is 1. The largest absolute Gasteiger partial charge is 0.472 e. The standard InChI is InChI=1S/C23H25FN8O10P2S/c24-12-17-11(40-22(12)32-8-29-13-10(33)1-2-26-20(13)32)4-38-44(37,45)42-18-16(34)15(9-3-23(9,18)5-39-43(35,36)41-17)31-7-30-14-19(25)27-6-28-21(14)31/h2,6-9,11-12,15-18,22,34H,1,3-5H2,(H,35,36)(H,37,45)(H2,25,27,28)/t9-,11-,12-,15-,16+,17-,18+,22-,23?,44?/m1/s1. The molecule has 45 heavy (non-hydrogen) atoms. The average molecular weight is 687 g/mol. The highest BCUT2D eigenvalue weighted by Gasteiger charge is 2.74. The molecule has 0 radical (unpaired) electrons. The first kappa shape index (κ1) is 29.8. The summed E-state index contributed by atoms with van der Waals surface area (Å²) in [5.41, 5.74) is 5.49. The van der Waals surface area contributed by atoms with E-state index in [1.54, 1.807) is 4.57 Å². The second-order valence-corrected chi connectivity index (χ2v) is 15.7. The fourth-order valence-electron chi connectivity index (χ4n) is 6.84. The molecule has 6 heterocycles. The molecule has 11 atom stereocenters. The van der Waals surface area contributed by atoms with Crippen LogP contribution >= 0.6 is 14.5 Å². The number of nitrogens with two attached hydrogens (primary N) is 1. The maximum atomic E-state index is 16.0. The molecule has 2 aliphatic carbocycles. The van der Waals surface area contributed by atoms with E-state index >= 15 is 4.39 Å². The van der Waals surface area contributed by atoms with Crippen LogP contribution in [0.15, 0.2) is 24.0 Å². The highest BCUT2D eigenvalue weighted by Crippen LogP contribution is 2.72. The van der Waals surface area contributed by atoms with Crippen molar-refractivity contribution in [1.82, 2.24) is 29.1 Å². The summed E-state index contributed by atoms with van der Waals surface area (Å²) >= 11 is 5.29. The Kier molecular flexibility index (Phi) is 6.74. The summed E-state index contributed by atoms with van der Waals surface area (Å²) in [5.74, 6) is -0.557. The number of ketones is 1. The van der Waals surface area contributed by atoms with Crippen LogP contribution in [0.5, 0.6) is 0 Å². The Balaban J connectivity index is 1.10. The van der Waals surface area contributed by atoms with Crippen molar-refractivity contribution in [3.63, 3.8) is 0 Å². The zero-order valence-electron chi connectivity index (χ0n) is 22.8. The number of aliphatic imine (C=N–C) groups is 1. The Hall–Kier alpha value is -2.61. The number of ether oxygens (including phenoxy) is 1. The molecule has 2 saturated heterocycles. The normalized spacial score (nSPS) is 42.8. The van der Waals surface area contributed by atoms with Gasteiger partial charge in [-0.2, -0.15) is 0 Å². The molecule has 0 bridgehead atoms. The lowest BCUT2D eigenvalue weighted by atomic mass is 10.0. The lowest BCUT2D eigenvalue weighted by molar-refractivity contribution is -0.0601. The second-order valence-electron chi connectivity index (χ2n) is 11.5. The Labute approximate surface area is 257 Å². The van der Waals surface area contributed by atoms with Crippen LogP contribution in [0.1, 0.15) is 35.6 Å². The number of aliphatic hydroxyl groups excluding tert-OH is 1. The average Bonchev–Trinajstić information content (AvgIpc) is 3.27. The number of nitrogens with zero attached hydrogens (tertiary/aromatic N) is 7. The number of halogens is 1. The number of phosphoric acid groups is 1. The molecule has 2 saturated carbocycles. The van der Waals surface area contributed by atoms with Gasteiger partial charge in [0.05, 0.1) is 31.9 Å². The van der Waals surface area contributed by atoms with E-state index in [9.17, 15) is 24.3 Å². The van der Waals surface area contributed by atoms with Gasteiger partial charge in [0.2, 0.25) is 0 Å². The van der Waals surface area contributed by atoms with Gasteiger partial charge in [0, 0.05) is 18.1 Å². The number of rotatable bonds is 2. The smallest absolute Gasteiger partial charge is 0.388 e. The summed E-state index contributed by atoms with van der Waals surface area (Å²) in [6, 6.07) is -0.730. The molecule has 0 aromatic carbocycles. The van der Waals surface area contributed by atoms with Crippen molar-refractivity contribution in [2.45, 2.75) is 55.7 Å². The van der Waals surface area contributed by atoms with E-state index in [1.807, 2.05) is 0 Å². The van der Waals surface area contributed by atoms with Crippen molar-refractivity contribution in [3.05, 3.63) is 24.7 Å². The predicted molar refractivity (Wildman–Crippen MR) is 151 cm³/mol. The van der Waals surface area contributed by atoms with Crippen LogP contribution in [0.4, 0.5) is 16.0 Å². The molecule has 5 aliphatic rings. The van der Waals surface area contributed by atoms with E-state index in [-0.39, 0.29) is 29.5 Å². The van der Waals surface area contributed by atoms with Gasteiger partial charge in [0.1, 0.15) is 36.3 Å². The Bertz CT molecular complexity index is 1860. The number of carbonyl (C=O) groups excluding carboxylic acids is 1. The first-order valence-electron chi connectivity index (χ1n) is 13.7. The number of aliphatic hydroxyl groups is 1. The number of imidazole rings is 2. The summed E-state index contributed by atoms with van der Waals surface area (Å²) in [6.45, 7) is -5.26. The third-order valence-electron chi connectivity index (χ3n) is 8.99. The maximum absolute atomic E-state index is 16.0. The Morgan fingerprint density at radius 2 is 1.93 bits per heavy atom. The van der Waals surface area contributed by atoms with Gasteiger partial charge in [0.25, 0.3) is 0 Å². The molecule has 3 aromatic rings. The van der Waals surface area contributed by atoms with E-state index in [2.05, 4.69) is 24.9 Å². The number of anilines is 1. The number of fused-ring (bicyclic) bond motifs is 3. The van der Waals surface area contributed by atoms with Gasteiger partial charge in [-0.25, -0.2) is 33.9 Å². The summed E-state index contributed by atoms with van der Waals surface area (Å²) in [5, 5.41) is 11.5. The number of hydrogen-bond donors (Lipinski definition) is 4. The number of phosphoric ester groups is 1. The number of aromatic nitrogens is 6. The van der Waals surface area contributed by atoms with Gasteiger partial charge in [-0.05, 0) is 24.1 Å². The first-order chi connectivity index (χ1) is 21.4. The lowest BCUT2D eigenvalue weighted by Crippen LogP contribution is -2.39. The van der Waals surface area contributed by atoms with Crippen LogP contribution in [-0.4, -0.2) is 99.8 Å². The lowest BCUT2D eigenvalue weighted by Gasteiger charge is -2.32. The minimum Gasteiger partial charge on any atom is -0.388 e. The van der Waals surface area contributed by atoms with Crippen molar-refractivity contribution in [3.8, 4) is 0 Å². The van der Waals surface area contributed by atoms with Gasteiger partial charge in [-0.15, -0.1) is 0 Å². The van der Waals surface area contributed by atoms with Crippen molar-refractivity contribution in [2.75, 3.05) is 18.9 Å². The molecule has 3 unspecified atom stereocenters. The summed E-state index contributed by atoms with van der Waals surface area (Å²) in [4.78, 5) is 54.7. The quantitative estimate of drug-likeness (QED) is 0.274. The van der Waals surface area contributed by atoms with Crippen LogP contribution in [-0.2, 0) is 39.2 Å². The molecular weight excluding hydrogens is 661 g/mol. The van der Waals surface area contributed by atoms with Gasteiger partial charge < -0.3 is 39.0 Å². The van der Waals surface area contributed by atoms with E-state index < -0.39 is 81.9 Å². The topological polar surface area (TPSA) is 241 Å². The molecule has 18 nitrogen and oxygen atoms in total. The van der Waals surface area contributed by atoms with Crippen molar-refractivity contribution >= 4 is 61.1 Å². The molecule has 240 valence electrons. The van der Waals surface area contributed by atoms with Crippen LogP contribution in [0, 0.1) is 11.3 Å². The monoisotopic (exact) mass is 686 g/mol. The zero-order valence-corrected chi connectivity index (χ0v) is 25.4. The van der Waals surface area contributed by atoms with E-state index in [0.717, 1.165) is 0 Å². The number of hydrogen-bond acceptors (Lipinski definition) is 15. The molecular formula is C23H25FN8O10P2S. The highest BCUT2D eigenvalue weighted by molar-refractivity contribution is 8.07. The Morgan fingerprint density at radius 1 is 1.13 bits per heavy atom. The third-order valence-corrected chi connectivity index (χ3v) is 11.5. The van der Waals surface area contributed by atoms with Crippen molar-refractivity contribution < 1.29 is 51.5 Å². The van der Waals surface area contributed by atoms with Gasteiger partial charge in [-0.1, -0.05) is 0 Å². The van der Waals surface area contributed by atoms with Crippen LogP contribution in [0.25, 0.3) is 11.2 Å². The summed E-state index contributed by atoms with van der Waals surface area (Å²) in [6.07, 6.45) is -3.73. The molecule has 1 spiro atoms. The number of alkyl halides is 1. The molecule has 0 amide bonds. The fraction of sp³-hybridized carbons (Fsp3) is 0.565. The summed E-state index contributed by atoms with van der Waals surface area (Å²) in [7, 11) is -4.98. The van der Waals surface area contributed by atoms with Crippen LogP contribution in [0.3, 0.4) is 0 Å². The van der Waals surface area contributed by atoms with Crippen LogP contribution < -0.4 is 5.73 Å². The van der Waals surface area contributed by atoms with Crippen molar-refractivity contribution in [1.29, 1.82) is 0 Å². The van der Waals surface area contributed by atoms with E-state index in [4.69, 9.17) is 40.4 Å². The zero-order chi connectivity index (χ0) is 31.5. The molecule has 3 aliphatic heterocycles. The SMILES string of the molecule is Nc1ncnc2c1ncn2[C@H]1[C@H](O)[C@@H]2OP(O)(=S)OC[C@H]3O[C@@H](n4cnc5c4N=CCC5=O)[C@H](F)[C@@H]3OP(=O)(O)OCC23C[C@H]13. The highest BCUT2D eigenvalue weighted by atomic mass is 32.5. The maximum Gasteiger partial charge on any atom is 0.472 e. The van der Waals surface area contributed by atoms with E-state index in [1.165, 1.54) is 29.8 Å². The fourth-order valence-corrected chi connectivity index (χ4v) is 9.34. The third kappa shape index (κ3) is 4.66. The molecule has 8 rings (SSSR count). The Morgan fingerprint density at radius 3 is 2.76 bits per heavy atom. The number of carbonyl (C=O) groups is 1. The molecule has 4 fully saturated rings. The van der Waals surface area contributed by atoms with Gasteiger partial charge >= 0.3 is 14.5 Å². The molecule has 22 heteroatoms. The van der Waals surface area contributed by atoms with Gasteiger partial charge in [-0.3, -0.25) is 18.4 Å².